The smallest absolute Gasteiger partial charge is 0.137 e. The van der Waals surface area contributed by atoms with Crippen molar-refractivity contribution in [1.82, 2.24) is 0 Å². The predicted octanol–water partition coefficient (Wildman–Crippen LogP) is 2.10. The summed E-state index contributed by atoms with van der Waals surface area (Å²) < 4.78 is 0. The van der Waals surface area contributed by atoms with Crippen LogP contribution >= 0.6 is 11.6 Å². The number of rotatable bonds is 0. The summed E-state index contributed by atoms with van der Waals surface area (Å²) in [7, 11) is 0. The van der Waals surface area contributed by atoms with Crippen LogP contribution < -0.4 is 0 Å². The lowest BCUT2D eigenvalue weighted by atomic mass is 9.91. The Morgan fingerprint density at radius 2 is 2.00 bits per heavy atom. The molecule has 0 aliphatic heterocycles. The fourth-order valence-corrected chi connectivity index (χ4v) is 1.80. The molecule has 1 aromatic rings. The molecule has 0 saturated carbocycles. The largest absolute Gasteiger partial charge is 0.506 e. The van der Waals surface area contributed by atoms with Crippen LogP contribution in [0.3, 0.4) is 0 Å². The molecule has 0 atom stereocenters. The maximum absolute atomic E-state index is 11.1. The van der Waals surface area contributed by atoms with Crippen LogP contribution in [-0.4, -0.2) is 10.9 Å². The molecule has 0 fully saturated rings. The zero-order valence-electron chi connectivity index (χ0n) is 7.01. The van der Waals surface area contributed by atoms with Crippen molar-refractivity contribution >= 4 is 17.4 Å². The summed E-state index contributed by atoms with van der Waals surface area (Å²) in [6.45, 7) is 0. The fourth-order valence-electron chi connectivity index (χ4n) is 1.62. The Hall–Kier alpha value is -1.02. The average Bonchev–Trinajstić information content (AvgIpc) is 2.08. The Balaban J connectivity index is 2.49. The van der Waals surface area contributed by atoms with E-state index < -0.39 is 0 Å². The molecule has 2 rings (SSSR count). The first kappa shape index (κ1) is 8.57. The molecule has 1 aromatic carbocycles. The van der Waals surface area contributed by atoms with Crippen LogP contribution in [0, 0.1) is 0 Å². The molecule has 13 heavy (non-hydrogen) atoms. The minimum absolute atomic E-state index is 0.0649. The molecule has 1 aliphatic rings. The number of hydrogen-bond donors (Lipinski definition) is 1. The van der Waals surface area contributed by atoms with Crippen molar-refractivity contribution < 1.29 is 9.90 Å². The van der Waals surface area contributed by atoms with Crippen LogP contribution in [0.25, 0.3) is 0 Å². The lowest BCUT2D eigenvalue weighted by Gasteiger charge is -2.15. The first-order valence-electron chi connectivity index (χ1n) is 4.19. The summed E-state index contributed by atoms with van der Waals surface area (Å²) in [5.41, 5.74) is 2.00. The third kappa shape index (κ3) is 1.54. The van der Waals surface area contributed by atoms with E-state index in [1.54, 1.807) is 12.1 Å². The first-order valence-corrected chi connectivity index (χ1v) is 4.56. The van der Waals surface area contributed by atoms with Crippen molar-refractivity contribution in [3.8, 4) is 5.75 Å². The second kappa shape index (κ2) is 3.04. The van der Waals surface area contributed by atoms with Gasteiger partial charge in [-0.1, -0.05) is 11.6 Å². The molecule has 68 valence electrons. The average molecular weight is 197 g/mol. The van der Waals surface area contributed by atoms with Gasteiger partial charge in [0.15, 0.2) is 0 Å². The Labute approximate surface area is 81.1 Å². The Morgan fingerprint density at radius 1 is 1.23 bits per heavy atom. The lowest BCUT2D eigenvalue weighted by Crippen LogP contribution is -2.12. The molecule has 0 bridgehead atoms. The van der Waals surface area contributed by atoms with Crippen LogP contribution in [0.4, 0.5) is 0 Å². The minimum Gasteiger partial charge on any atom is -0.506 e. The monoisotopic (exact) mass is 196 g/mol. The molecular weight excluding hydrogens is 188 g/mol. The van der Waals surface area contributed by atoms with E-state index in [2.05, 4.69) is 0 Å². The van der Waals surface area contributed by atoms with E-state index in [0.717, 1.165) is 17.5 Å². The number of aromatic hydroxyl groups is 1. The molecule has 0 saturated heterocycles. The summed E-state index contributed by atoms with van der Waals surface area (Å²) in [6, 6.07) is 3.34. The van der Waals surface area contributed by atoms with Gasteiger partial charge in [-0.2, -0.15) is 0 Å². The number of carbonyl (C=O) groups excluding carboxylic acids is 1. The highest BCUT2D eigenvalue weighted by Gasteiger charge is 2.17. The van der Waals surface area contributed by atoms with E-state index >= 15 is 0 Å². The van der Waals surface area contributed by atoms with Gasteiger partial charge in [-0.3, -0.25) is 4.79 Å². The van der Waals surface area contributed by atoms with Gasteiger partial charge in [-0.05, 0) is 29.7 Å². The third-order valence-electron chi connectivity index (χ3n) is 2.33. The fraction of sp³-hybridized carbons (Fsp3) is 0.300. The molecule has 1 aliphatic carbocycles. The van der Waals surface area contributed by atoms with E-state index in [1.807, 2.05) is 0 Å². The normalized spacial score (nSPS) is 15.6. The van der Waals surface area contributed by atoms with Crippen LogP contribution in [0.2, 0.25) is 5.02 Å². The van der Waals surface area contributed by atoms with Crippen LogP contribution in [-0.2, 0) is 17.6 Å². The molecule has 0 aromatic heterocycles. The van der Waals surface area contributed by atoms with Gasteiger partial charge < -0.3 is 5.11 Å². The van der Waals surface area contributed by atoms with Gasteiger partial charge in [0.1, 0.15) is 11.5 Å². The summed E-state index contributed by atoms with van der Waals surface area (Å²) in [6.07, 6.45) is 1.77. The van der Waals surface area contributed by atoms with Crippen LogP contribution in [0.1, 0.15) is 17.5 Å². The maximum Gasteiger partial charge on any atom is 0.137 e. The standard InChI is InChI=1S/C10H9ClO2/c11-9-4-6-1-2-8(12)3-7(6)5-10(9)13/h4-5,13H,1-3H2. The van der Waals surface area contributed by atoms with E-state index in [4.69, 9.17) is 11.6 Å². The molecule has 0 heterocycles. The molecule has 0 radical (unpaired) electrons. The number of Topliss-reactive ketones (excluding diaryl/α,β-unsaturated/α-hetero) is 1. The maximum atomic E-state index is 11.1. The van der Waals surface area contributed by atoms with Crippen LogP contribution in [0.15, 0.2) is 12.1 Å². The summed E-state index contributed by atoms with van der Waals surface area (Å²) in [4.78, 5) is 11.1. The van der Waals surface area contributed by atoms with Crippen molar-refractivity contribution in [3.05, 3.63) is 28.3 Å². The predicted molar refractivity (Wildman–Crippen MR) is 50.1 cm³/mol. The zero-order valence-corrected chi connectivity index (χ0v) is 7.77. The van der Waals surface area contributed by atoms with Gasteiger partial charge in [0.25, 0.3) is 0 Å². The van der Waals surface area contributed by atoms with Gasteiger partial charge in [0.2, 0.25) is 0 Å². The number of fused-ring (bicyclic) bond motifs is 1. The second-order valence-corrected chi connectivity index (χ2v) is 3.69. The number of benzene rings is 1. The van der Waals surface area contributed by atoms with Gasteiger partial charge >= 0.3 is 0 Å². The molecule has 2 nitrogen and oxygen atoms in total. The molecule has 0 unspecified atom stereocenters. The number of ketones is 1. The van der Waals surface area contributed by atoms with Gasteiger partial charge in [0.05, 0.1) is 5.02 Å². The van der Waals surface area contributed by atoms with E-state index in [0.29, 0.717) is 17.9 Å². The molecule has 3 heteroatoms. The zero-order chi connectivity index (χ0) is 9.42. The molecule has 1 N–H and O–H groups in total. The Bertz CT molecular complexity index is 371. The number of phenolic OH excluding ortho intramolecular Hbond substituents is 1. The third-order valence-corrected chi connectivity index (χ3v) is 2.63. The number of carbonyl (C=O) groups is 1. The number of phenols is 1. The van der Waals surface area contributed by atoms with E-state index in [-0.39, 0.29) is 11.5 Å². The second-order valence-electron chi connectivity index (χ2n) is 3.29. The Kier molecular flexibility index (Phi) is 2.00. The summed E-state index contributed by atoms with van der Waals surface area (Å²) in [5.74, 6) is 0.296. The van der Waals surface area contributed by atoms with Crippen molar-refractivity contribution in [2.24, 2.45) is 0 Å². The van der Waals surface area contributed by atoms with Gasteiger partial charge in [-0.25, -0.2) is 0 Å². The summed E-state index contributed by atoms with van der Waals surface area (Å²) >= 11 is 5.75. The number of halogens is 1. The highest BCUT2D eigenvalue weighted by atomic mass is 35.5. The highest BCUT2D eigenvalue weighted by molar-refractivity contribution is 6.32. The van der Waals surface area contributed by atoms with Crippen molar-refractivity contribution in [1.29, 1.82) is 0 Å². The first-order chi connectivity index (χ1) is 6.16. The lowest BCUT2D eigenvalue weighted by molar-refractivity contribution is -0.118. The van der Waals surface area contributed by atoms with Crippen molar-refractivity contribution in [3.63, 3.8) is 0 Å². The van der Waals surface area contributed by atoms with Crippen LogP contribution in [0.5, 0.6) is 5.75 Å². The van der Waals surface area contributed by atoms with Crippen molar-refractivity contribution in [2.75, 3.05) is 0 Å². The summed E-state index contributed by atoms with van der Waals surface area (Å²) in [5, 5.41) is 9.69. The molecular formula is C10H9ClO2. The van der Waals surface area contributed by atoms with E-state index in [1.165, 1.54) is 0 Å². The Morgan fingerprint density at radius 3 is 2.77 bits per heavy atom. The SMILES string of the molecule is O=C1CCc2cc(Cl)c(O)cc2C1. The minimum atomic E-state index is 0.0649. The quantitative estimate of drug-likeness (QED) is 0.690. The topological polar surface area (TPSA) is 37.3 Å². The highest BCUT2D eigenvalue weighted by Crippen LogP contribution is 2.30. The van der Waals surface area contributed by atoms with Crippen molar-refractivity contribution in [2.45, 2.75) is 19.3 Å². The number of hydrogen-bond acceptors (Lipinski definition) is 2. The number of aryl methyl sites for hydroxylation is 1. The van der Waals surface area contributed by atoms with E-state index in [9.17, 15) is 9.90 Å². The van der Waals surface area contributed by atoms with Gasteiger partial charge in [-0.15, -0.1) is 0 Å². The molecule has 0 amide bonds. The van der Waals surface area contributed by atoms with Gasteiger partial charge in [0, 0.05) is 12.8 Å². The molecule has 0 spiro atoms.